The number of carbonyl (C=O) groups excluding carboxylic acids is 1. The van der Waals surface area contributed by atoms with Crippen molar-refractivity contribution in [2.24, 2.45) is 4.99 Å². The minimum absolute atomic E-state index is 0.238. The summed E-state index contributed by atoms with van der Waals surface area (Å²) < 4.78 is 18.0. The number of hydrogen-bond donors (Lipinski definition) is 1. The Bertz CT molecular complexity index is 778. The Kier molecular flexibility index (Phi) is 4.19. The van der Waals surface area contributed by atoms with Crippen molar-refractivity contribution in [1.82, 2.24) is 5.32 Å². The van der Waals surface area contributed by atoms with Crippen molar-refractivity contribution in [3.8, 4) is 5.75 Å². The number of benzene rings is 2. The zero-order valence-electron chi connectivity index (χ0n) is 12.5. The van der Waals surface area contributed by atoms with E-state index in [1.165, 1.54) is 12.1 Å². The van der Waals surface area contributed by atoms with Gasteiger partial charge in [-0.1, -0.05) is 24.3 Å². The second kappa shape index (κ2) is 6.44. The fourth-order valence-corrected chi connectivity index (χ4v) is 2.25. The third-order valence-electron chi connectivity index (χ3n) is 3.45. The molecule has 2 aromatic rings. The van der Waals surface area contributed by atoms with Gasteiger partial charge in [0, 0.05) is 6.42 Å². The molecule has 1 aliphatic heterocycles. The van der Waals surface area contributed by atoms with E-state index in [1.807, 2.05) is 24.3 Å². The van der Waals surface area contributed by atoms with Crippen molar-refractivity contribution in [1.29, 1.82) is 0 Å². The van der Waals surface area contributed by atoms with Gasteiger partial charge in [-0.05, 0) is 41.5 Å². The number of amides is 1. The van der Waals surface area contributed by atoms with E-state index in [-0.39, 0.29) is 11.7 Å². The molecule has 0 saturated heterocycles. The Morgan fingerprint density at radius 1 is 1.13 bits per heavy atom. The number of halogens is 1. The summed E-state index contributed by atoms with van der Waals surface area (Å²) in [6.45, 7) is 0. The summed E-state index contributed by atoms with van der Waals surface area (Å²) in [7, 11) is 1.60. The minimum Gasteiger partial charge on any atom is -0.497 e. The Hall–Kier alpha value is -2.95. The first-order chi connectivity index (χ1) is 11.1. The van der Waals surface area contributed by atoms with Crippen LogP contribution in [0.2, 0.25) is 0 Å². The number of amidine groups is 1. The van der Waals surface area contributed by atoms with Crippen LogP contribution in [0.15, 0.2) is 59.2 Å². The summed E-state index contributed by atoms with van der Waals surface area (Å²) in [6.07, 6.45) is 2.17. The fraction of sp³-hybridized carbons (Fsp3) is 0.111. The summed E-state index contributed by atoms with van der Waals surface area (Å²) in [5, 5.41) is 2.73. The van der Waals surface area contributed by atoms with Gasteiger partial charge in [0.1, 0.15) is 23.1 Å². The van der Waals surface area contributed by atoms with Gasteiger partial charge >= 0.3 is 0 Å². The van der Waals surface area contributed by atoms with E-state index in [4.69, 9.17) is 4.74 Å². The van der Waals surface area contributed by atoms with Crippen LogP contribution in [0.5, 0.6) is 5.75 Å². The van der Waals surface area contributed by atoms with Crippen LogP contribution in [0.4, 0.5) is 4.39 Å². The summed E-state index contributed by atoms with van der Waals surface area (Å²) in [4.78, 5) is 16.3. The number of methoxy groups -OCH3 is 1. The lowest BCUT2D eigenvalue weighted by Gasteiger charge is -2.00. The highest BCUT2D eigenvalue weighted by atomic mass is 19.1. The lowest BCUT2D eigenvalue weighted by atomic mass is 10.1. The lowest BCUT2D eigenvalue weighted by Crippen LogP contribution is -2.25. The smallest absolute Gasteiger partial charge is 0.275 e. The van der Waals surface area contributed by atoms with Crippen LogP contribution in [-0.4, -0.2) is 18.9 Å². The van der Waals surface area contributed by atoms with Crippen molar-refractivity contribution in [3.63, 3.8) is 0 Å². The average Bonchev–Trinajstić information content (AvgIpc) is 2.90. The molecule has 23 heavy (non-hydrogen) atoms. The Morgan fingerprint density at radius 2 is 1.83 bits per heavy atom. The zero-order valence-corrected chi connectivity index (χ0v) is 12.5. The zero-order chi connectivity index (χ0) is 16.2. The van der Waals surface area contributed by atoms with E-state index in [0.717, 1.165) is 16.9 Å². The van der Waals surface area contributed by atoms with Gasteiger partial charge in [0.2, 0.25) is 0 Å². The standard InChI is InChI=1S/C18H15FN2O2/c1-23-15-8-4-12(5-9-15)10-16-18(22)21-17(20-16)11-13-2-6-14(19)7-3-13/h2-10H,11H2,1H3,(H,20,21,22)/b16-10+. The molecule has 0 fully saturated rings. The summed E-state index contributed by atoms with van der Waals surface area (Å²) in [5.74, 6) is 0.786. The second-order valence-corrected chi connectivity index (χ2v) is 5.12. The third-order valence-corrected chi connectivity index (χ3v) is 3.45. The molecule has 0 saturated carbocycles. The van der Waals surface area contributed by atoms with Gasteiger partial charge in [-0.25, -0.2) is 9.38 Å². The molecule has 5 heteroatoms. The van der Waals surface area contributed by atoms with Crippen molar-refractivity contribution in [2.45, 2.75) is 6.42 Å². The quantitative estimate of drug-likeness (QED) is 0.883. The molecule has 0 spiro atoms. The molecular weight excluding hydrogens is 295 g/mol. The highest BCUT2D eigenvalue weighted by Gasteiger charge is 2.19. The number of aliphatic imine (C=N–C) groups is 1. The Labute approximate surface area is 133 Å². The summed E-state index contributed by atoms with van der Waals surface area (Å²) in [6, 6.07) is 13.5. The molecule has 3 rings (SSSR count). The lowest BCUT2D eigenvalue weighted by molar-refractivity contribution is -0.115. The molecule has 1 aliphatic rings. The predicted molar refractivity (Wildman–Crippen MR) is 86.7 cm³/mol. The number of ether oxygens (including phenoxy) is 1. The Balaban J connectivity index is 1.77. The number of hydrogen-bond acceptors (Lipinski definition) is 3. The maximum absolute atomic E-state index is 12.9. The SMILES string of the molecule is COc1ccc(/C=C2/N=C(Cc3ccc(F)cc3)NC2=O)cc1. The van der Waals surface area contributed by atoms with Gasteiger partial charge in [0.25, 0.3) is 5.91 Å². The van der Waals surface area contributed by atoms with E-state index in [9.17, 15) is 9.18 Å². The van der Waals surface area contributed by atoms with Crippen LogP contribution in [0.1, 0.15) is 11.1 Å². The van der Waals surface area contributed by atoms with Crippen LogP contribution < -0.4 is 10.1 Å². The van der Waals surface area contributed by atoms with E-state index in [2.05, 4.69) is 10.3 Å². The third kappa shape index (κ3) is 3.63. The monoisotopic (exact) mass is 310 g/mol. The van der Waals surface area contributed by atoms with Gasteiger partial charge < -0.3 is 10.1 Å². The number of nitrogens with zero attached hydrogens (tertiary/aromatic N) is 1. The van der Waals surface area contributed by atoms with E-state index >= 15 is 0 Å². The number of nitrogens with one attached hydrogen (secondary N) is 1. The van der Waals surface area contributed by atoms with Crippen molar-refractivity contribution >= 4 is 17.8 Å². The topological polar surface area (TPSA) is 50.7 Å². The number of rotatable bonds is 4. The van der Waals surface area contributed by atoms with Gasteiger partial charge in [-0.3, -0.25) is 4.79 Å². The van der Waals surface area contributed by atoms with Crippen LogP contribution in [0.25, 0.3) is 6.08 Å². The fourth-order valence-electron chi connectivity index (χ4n) is 2.25. The molecule has 1 amide bonds. The molecule has 1 N–H and O–H groups in total. The average molecular weight is 310 g/mol. The maximum atomic E-state index is 12.9. The summed E-state index contributed by atoms with van der Waals surface area (Å²) >= 11 is 0. The second-order valence-electron chi connectivity index (χ2n) is 5.12. The molecule has 1 heterocycles. The first-order valence-corrected chi connectivity index (χ1v) is 7.13. The highest BCUT2D eigenvalue weighted by Crippen LogP contribution is 2.17. The van der Waals surface area contributed by atoms with Gasteiger partial charge in [-0.2, -0.15) is 0 Å². The van der Waals surface area contributed by atoms with Crippen molar-refractivity contribution in [3.05, 3.63) is 71.2 Å². The Morgan fingerprint density at radius 3 is 2.48 bits per heavy atom. The molecule has 0 aliphatic carbocycles. The highest BCUT2D eigenvalue weighted by molar-refractivity contribution is 6.14. The normalized spacial score (nSPS) is 15.5. The molecule has 0 radical (unpaired) electrons. The first kappa shape index (κ1) is 15.0. The minimum atomic E-state index is -0.286. The summed E-state index contributed by atoms with van der Waals surface area (Å²) in [5.41, 5.74) is 2.10. The van der Waals surface area contributed by atoms with Gasteiger partial charge in [0.15, 0.2) is 0 Å². The van der Waals surface area contributed by atoms with Crippen LogP contribution in [-0.2, 0) is 11.2 Å². The molecule has 0 bridgehead atoms. The largest absolute Gasteiger partial charge is 0.497 e. The van der Waals surface area contributed by atoms with Gasteiger partial charge in [0.05, 0.1) is 7.11 Å². The van der Waals surface area contributed by atoms with Crippen LogP contribution in [0.3, 0.4) is 0 Å². The van der Waals surface area contributed by atoms with Crippen molar-refractivity contribution < 1.29 is 13.9 Å². The number of carbonyl (C=O) groups is 1. The van der Waals surface area contributed by atoms with Crippen molar-refractivity contribution in [2.75, 3.05) is 7.11 Å². The van der Waals surface area contributed by atoms with E-state index in [0.29, 0.717) is 18.0 Å². The maximum Gasteiger partial charge on any atom is 0.275 e. The molecule has 0 atom stereocenters. The predicted octanol–water partition coefficient (Wildman–Crippen LogP) is 2.95. The molecule has 2 aromatic carbocycles. The molecule has 116 valence electrons. The van der Waals surface area contributed by atoms with Crippen LogP contribution in [0, 0.1) is 5.82 Å². The molecule has 4 nitrogen and oxygen atoms in total. The van der Waals surface area contributed by atoms with E-state index < -0.39 is 0 Å². The van der Waals surface area contributed by atoms with E-state index in [1.54, 1.807) is 25.3 Å². The molecule has 0 unspecified atom stereocenters. The van der Waals surface area contributed by atoms with Crippen LogP contribution >= 0.6 is 0 Å². The first-order valence-electron chi connectivity index (χ1n) is 7.13. The molecule has 0 aromatic heterocycles. The van der Waals surface area contributed by atoms with Gasteiger partial charge in [-0.15, -0.1) is 0 Å². The molecular formula is C18H15FN2O2.